The number of furan rings is 1. The van der Waals surface area contributed by atoms with Crippen LogP contribution in [-0.4, -0.2) is 9.78 Å². The van der Waals surface area contributed by atoms with Crippen LogP contribution >= 0.6 is 11.6 Å². The fraction of sp³-hybridized carbons (Fsp3) is 0.467. The Labute approximate surface area is 128 Å². The van der Waals surface area contributed by atoms with Gasteiger partial charge in [0.2, 0.25) is 0 Å². The lowest BCUT2D eigenvalue weighted by molar-refractivity contribution is 0.466. The van der Waals surface area contributed by atoms with Gasteiger partial charge in [-0.3, -0.25) is 4.79 Å². The van der Waals surface area contributed by atoms with Gasteiger partial charge >= 0.3 is 0 Å². The number of rotatable bonds is 6. The molecule has 6 heteroatoms. The molecule has 0 aliphatic heterocycles. The summed E-state index contributed by atoms with van der Waals surface area (Å²) in [6, 6.07) is 3.70. The van der Waals surface area contributed by atoms with Crippen molar-refractivity contribution < 1.29 is 4.42 Å². The average Bonchev–Trinajstić information content (AvgIpc) is 2.90. The number of hydrogen-bond donors (Lipinski definition) is 1. The van der Waals surface area contributed by atoms with Gasteiger partial charge < -0.3 is 9.73 Å². The summed E-state index contributed by atoms with van der Waals surface area (Å²) >= 11 is 6.15. The fourth-order valence-electron chi connectivity index (χ4n) is 2.02. The highest BCUT2D eigenvalue weighted by Gasteiger charge is 2.14. The minimum absolute atomic E-state index is 0.0936. The monoisotopic (exact) mass is 309 g/mol. The van der Waals surface area contributed by atoms with Crippen molar-refractivity contribution in [1.82, 2.24) is 9.78 Å². The zero-order valence-electron chi connectivity index (χ0n) is 12.5. The summed E-state index contributed by atoms with van der Waals surface area (Å²) in [5.74, 6) is 1.64. The second-order valence-corrected chi connectivity index (χ2v) is 5.45. The van der Waals surface area contributed by atoms with E-state index in [1.807, 2.05) is 26.0 Å². The summed E-state index contributed by atoms with van der Waals surface area (Å²) in [6.07, 6.45) is 3.49. The van der Waals surface area contributed by atoms with Crippen LogP contribution < -0.4 is 10.9 Å². The number of aromatic nitrogens is 2. The van der Waals surface area contributed by atoms with Crippen LogP contribution in [0, 0.1) is 6.92 Å². The van der Waals surface area contributed by atoms with Gasteiger partial charge in [-0.25, -0.2) is 4.68 Å². The number of halogens is 1. The summed E-state index contributed by atoms with van der Waals surface area (Å²) in [4.78, 5) is 12.1. The smallest absolute Gasteiger partial charge is 0.287 e. The van der Waals surface area contributed by atoms with Crippen LogP contribution in [-0.2, 0) is 6.54 Å². The van der Waals surface area contributed by atoms with E-state index in [4.69, 9.17) is 16.0 Å². The molecule has 2 aromatic heterocycles. The Kier molecular flexibility index (Phi) is 5.07. The Morgan fingerprint density at radius 2 is 2.24 bits per heavy atom. The first-order valence-corrected chi connectivity index (χ1v) is 7.49. The quantitative estimate of drug-likeness (QED) is 0.882. The highest BCUT2D eigenvalue weighted by atomic mass is 35.5. The normalized spacial score (nSPS) is 12.4. The van der Waals surface area contributed by atoms with E-state index in [2.05, 4.69) is 17.3 Å². The lowest BCUT2D eigenvalue weighted by atomic mass is 10.2. The van der Waals surface area contributed by atoms with Gasteiger partial charge in [0.05, 0.1) is 17.9 Å². The molecule has 1 N–H and O–H groups in total. The lowest BCUT2D eigenvalue weighted by Crippen LogP contribution is -2.24. The third-order valence-electron chi connectivity index (χ3n) is 3.27. The van der Waals surface area contributed by atoms with E-state index in [9.17, 15) is 4.79 Å². The number of anilines is 1. The fourth-order valence-corrected chi connectivity index (χ4v) is 2.22. The molecule has 1 atom stereocenters. The standard InChI is InChI=1S/C15H20ClN3O2/c1-4-5-8-19-15(20)14(16)12(9-17-19)18-11(3)13-7-6-10(2)21-13/h6-7,9,11,18H,4-5,8H2,1-3H3. The molecule has 0 saturated carbocycles. The van der Waals surface area contributed by atoms with Gasteiger partial charge in [0.25, 0.3) is 5.56 Å². The summed E-state index contributed by atoms with van der Waals surface area (Å²) in [6.45, 7) is 6.48. The number of nitrogens with zero attached hydrogens (tertiary/aromatic N) is 2. The first kappa shape index (κ1) is 15.6. The van der Waals surface area contributed by atoms with Gasteiger partial charge in [-0.15, -0.1) is 0 Å². The van der Waals surface area contributed by atoms with Crippen molar-refractivity contribution in [2.75, 3.05) is 5.32 Å². The van der Waals surface area contributed by atoms with Crippen molar-refractivity contribution in [3.05, 3.63) is 45.2 Å². The Bertz CT molecular complexity index is 663. The predicted molar refractivity (Wildman–Crippen MR) is 83.9 cm³/mol. The van der Waals surface area contributed by atoms with Crippen molar-refractivity contribution in [2.24, 2.45) is 0 Å². The van der Waals surface area contributed by atoms with Crippen molar-refractivity contribution in [2.45, 2.75) is 46.2 Å². The summed E-state index contributed by atoms with van der Waals surface area (Å²) in [5.41, 5.74) is 0.258. The Morgan fingerprint density at radius 3 is 2.86 bits per heavy atom. The molecule has 0 aliphatic rings. The van der Waals surface area contributed by atoms with Gasteiger partial charge in [0.15, 0.2) is 0 Å². The Morgan fingerprint density at radius 1 is 1.48 bits per heavy atom. The molecular weight excluding hydrogens is 290 g/mol. The number of unbranched alkanes of at least 4 members (excludes halogenated alkanes) is 1. The van der Waals surface area contributed by atoms with E-state index in [0.717, 1.165) is 24.4 Å². The second kappa shape index (κ2) is 6.80. The van der Waals surface area contributed by atoms with Crippen LogP contribution in [0.3, 0.4) is 0 Å². The largest absolute Gasteiger partial charge is 0.464 e. The molecule has 114 valence electrons. The Hall–Kier alpha value is -1.75. The molecule has 0 aromatic carbocycles. The second-order valence-electron chi connectivity index (χ2n) is 5.07. The Balaban J connectivity index is 2.17. The van der Waals surface area contributed by atoms with Crippen LogP contribution in [0.2, 0.25) is 5.02 Å². The predicted octanol–water partition coefficient (Wildman–Crippen LogP) is 3.77. The molecule has 2 rings (SSSR count). The third kappa shape index (κ3) is 3.67. The first-order chi connectivity index (χ1) is 10.0. The molecule has 2 aromatic rings. The molecule has 0 amide bonds. The van der Waals surface area contributed by atoms with E-state index in [1.165, 1.54) is 4.68 Å². The zero-order valence-corrected chi connectivity index (χ0v) is 13.3. The van der Waals surface area contributed by atoms with Crippen molar-refractivity contribution in [3.8, 4) is 0 Å². The van der Waals surface area contributed by atoms with Crippen LogP contribution in [0.5, 0.6) is 0 Å². The summed E-state index contributed by atoms with van der Waals surface area (Å²) < 4.78 is 6.96. The SMILES string of the molecule is CCCCn1ncc(NC(C)c2ccc(C)o2)c(Cl)c1=O. The van der Waals surface area contributed by atoms with Gasteiger partial charge in [-0.1, -0.05) is 24.9 Å². The van der Waals surface area contributed by atoms with Gasteiger partial charge in [-0.2, -0.15) is 5.10 Å². The van der Waals surface area contributed by atoms with E-state index in [1.54, 1.807) is 6.20 Å². The number of nitrogens with one attached hydrogen (secondary N) is 1. The maximum Gasteiger partial charge on any atom is 0.287 e. The van der Waals surface area contributed by atoms with Gasteiger partial charge in [0.1, 0.15) is 16.5 Å². The van der Waals surface area contributed by atoms with Crippen molar-refractivity contribution in [3.63, 3.8) is 0 Å². The molecule has 0 saturated heterocycles. The minimum atomic E-state index is -0.266. The molecule has 5 nitrogen and oxygen atoms in total. The van der Waals surface area contributed by atoms with E-state index in [-0.39, 0.29) is 16.6 Å². The molecule has 0 aliphatic carbocycles. The molecule has 0 radical (unpaired) electrons. The third-order valence-corrected chi connectivity index (χ3v) is 3.63. The molecule has 2 heterocycles. The highest BCUT2D eigenvalue weighted by Crippen LogP contribution is 2.24. The number of hydrogen-bond acceptors (Lipinski definition) is 4. The topological polar surface area (TPSA) is 60.1 Å². The maximum atomic E-state index is 12.1. The van der Waals surface area contributed by atoms with E-state index < -0.39 is 0 Å². The number of aryl methyl sites for hydroxylation is 2. The average molecular weight is 310 g/mol. The first-order valence-electron chi connectivity index (χ1n) is 7.11. The maximum absolute atomic E-state index is 12.1. The highest BCUT2D eigenvalue weighted by molar-refractivity contribution is 6.32. The van der Waals surface area contributed by atoms with Crippen molar-refractivity contribution in [1.29, 1.82) is 0 Å². The van der Waals surface area contributed by atoms with Crippen molar-refractivity contribution >= 4 is 17.3 Å². The molecule has 1 unspecified atom stereocenters. The molecule has 0 fully saturated rings. The van der Waals surface area contributed by atoms with Crippen LogP contribution in [0.25, 0.3) is 0 Å². The summed E-state index contributed by atoms with van der Waals surface area (Å²) in [5, 5.41) is 7.48. The minimum Gasteiger partial charge on any atom is -0.464 e. The van der Waals surface area contributed by atoms with Gasteiger partial charge in [-0.05, 0) is 32.4 Å². The van der Waals surface area contributed by atoms with Gasteiger partial charge in [0, 0.05) is 6.54 Å². The van der Waals surface area contributed by atoms with E-state index in [0.29, 0.717) is 12.2 Å². The van der Waals surface area contributed by atoms with Crippen LogP contribution in [0.15, 0.2) is 27.5 Å². The van der Waals surface area contributed by atoms with Crippen LogP contribution in [0.4, 0.5) is 5.69 Å². The van der Waals surface area contributed by atoms with E-state index >= 15 is 0 Å². The molecular formula is C15H20ClN3O2. The van der Waals surface area contributed by atoms with Crippen LogP contribution in [0.1, 0.15) is 44.3 Å². The molecule has 21 heavy (non-hydrogen) atoms. The lowest BCUT2D eigenvalue weighted by Gasteiger charge is -2.14. The molecule has 0 bridgehead atoms. The zero-order chi connectivity index (χ0) is 15.4. The summed E-state index contributed by atoms with van der Waals surface area (Å²) in [7, 11) is 0. The molecule has 0 spiro atoms.